The number of fused-ring (bicyclic) bond motifs is 63. The van der Waals surface area contributed by atoms with Crippen LogP contribution in [-0.4, -0.2) is 127 Å². The lowest BCUT2D eigenvalue weighted by Gasteiger charge is -2.58. The van der Waals surface area contributed by atoms with Gasteiger partial charge in [0.15, 0.2) is 22.4 Å². The molecule has 0 radical (unpaired) electrons. The minimum absolute atomic E-state index is 0.0140. The van der Waals surface area contributed by atoms with Gasteiger partial charge in [-0.05, 0) is 285 Å². The van der Waals surface area contributed by atoms with E-state index in [9.17, 15) is 220 Å². The molecule has 0 aromatic rings. The quantitative estimate of drug-likeness (QED) is 0.144. The molecule has 28 aliphatic carbocycles. The van der Waals surface area contributed by atoms with Crippen LogP contribution in [0.4, 0.5) is 220 Å². The first-order valence-corrected chi connectivity index (χ1v) is 48.7. The zero-order valence-corrected chi connectivity index (χ0v) is 74.7. The zero-order chi connectivity index (χ0) is 108. The lowest BCUT2D eigenvalue weighted by molar-refractivity contribution is -0.490. The van der Waals surface area contributed by atoms with Gasteiger partial charge in [-0.25, -0.2) is 39.9 Å². The van der Waals surface area contributed by atoms with Crippen molar-refractivity contribution < 1.29 is 224 Å². The predicted molar refractivity (Wildman–Crippen MR) is 403 cm³/mol. The molecule has 0 heterocycles. The minimum Gasteiger partial charge on any atom is -0.247 e. The van der Waals surface area contributed by atoms with E-state index < -0.39 is 340 Å². The van der Waals surface area contributed by atoms with Crippen LogP contribution in [0.3, 0.4) is 0 Å². The van der Waals surface area contributed by atoms with E-state index in [1.54, 1.807) is 36.5 Å². The first kappa shape index (κ1) is 106. The first-order valence-electron chi connectivity index (χ1n) is 48.7. The smallest absolute Gasteiger partial charge is 0.247 e. The van der Waals surface area contributed by atoms with E-state index in [4.69, 9.17) is 0 Å². The number of alkyl halides is 50. The molecule has 51 heteroatoms. The summed E-state index contributed by atoms with van der Waals surface area (Å²) in [4.78, 5) is 0. The second-order valence-electron chi connectivity index (χ2n) is 47.5. The summed E-state index contributed by atoms with van der Waals surface area (Å²) < 4.78 is 685. The van der Waals surface area contributed by atoms with E-state index in [-0.39, 0.29) is 96.2 Å². The van der Waals surface area contributed by atoms with Crippen LogP contribution in [0.15, 0.2) is 85.1 Å². The number of hydrogen-bond donors (Lipinski definition) is 0. The summed E-state index contributed by atoms with van der Waals surface area (Å²) in [6.45, 7) is 0. The van der Waals surface area contributed by atoms with Gasteiger partial charge >= 0.3 is 92.1 Å². The molecule has 0 aromatic heterocycles. The highest BCUT2D eigenvalue weighted by molar-refractivity contribution is 5.39. The number of allylic oxidation sites excluding steroid dienone is 14. The van der Waals surface area contributed by atoms with E-state index in [0.717, 1.165) is 12.8 Å². The van der Waals surface area contributed by atoms with Crippen LogP contribution in [0.2, 0.25) is 0 Å². The normalized spacial score (nSPS) is 51.0. The van der Waals surface area contributed by atoms with Gasteiger partial charge in [0.2, 0.25) is 5.41 Å². The Morgan fingerprint density at radius 1 is 0.190 bits per heavy atom. The van der Waals surface area contributed by atoms with E-state index in [1.807, 2.05) is 24.3 Å². The standard InChI is InChI=1S/C16H12F12.C15H13F9.2C14H12F8.C13H12F6O.C12H12F4.C12H13F3/c17-13(18,19)11(14(20,21)22)7-4-8(10-6-2-1-5(3-6)9(7)10)12(11,15(23,24)25)16(26,27)28;16-13(17,18)11-7-4-8(10-6-2-1-5(3-6)9(7)10)12(11,14(19,20)21)15(22,23)24;15-11(13(17,18)19)7-4-8(12(11,16)14(20,21)22)10-6-2-1-5(3-6)9(7)10;15-12(16)8-4-7(9-5-1-2-6(3-5)10(8)9)11(12,13(17,18)19)14(20,21)22;14-11(15)7-4-8(12(11,16)20-13(17,18)19)10-6-2-1-5(3-6)9(7)10;13-11(14)7-4-8(12(11,15)16)10-6-2-1-5(3-6)9(7)10;13-11-7-4-8(12(11,14)15)10-6-2-1-5(3-6)9(7)10/h1-2,5-10H,3-4H2;1-2,5-11H,3-4H2;2*1-2,5-10H,3-4H2;1-2,5-10H,3-4H2;1-2,5-10H,3-4H2;1-2,5-11H,3-4H2. The Balaban J connectivity index is 0.0000000981. The van der Waals surface area contributed by atoms with Gasteiger partial charge in [0, 0.05) is 53.3 Å². The summed E-state index contributed by atoms with van der Waals surface area (Å²) in [7, 11) is 0. The molecule has 28 aliphatic rings. The van der Waals surface area contributed by atoms with Crippen LogP contribution in [0.25, 0.3) is 0 Å². The summed E-state index contributed by atoms with van der Waals surface area (Å²) in [5.74, 6) is -61.6. The Morgan fingerprint density at radius 3 is 0.694 bits per heavy atom. The SMILES string of the molecule is FC(F)(F)C1(C(F)(F)F)C2CC(C3C4C=CC(C4)C32)C1(C(F)(F)F)C(F)(F)F.FC(F)(F)C1(C(F)(F)F)C2CC(C3C4C=CC(C4)C32)C1(F)F.FC(F)(F)C1(F)C2CC(C3C4C=CC(C4)C32)C1(F)C(F)(F)F.FC(F)(F)C1C2CC(C3C4C=CC(C4)C23)C1(C(F)(F)F)C(F)(F)F.FC(F)(F)OC1(F)C2CC(C3C4C=CC(C4)C32)C1(F)F.FC1(F)C2CC(C3C4C=CC(C4)C32)C1(F)F.FC1C2CC(C3C4C=CC(C4)C23)C1(F)F. The molecule has 28 rings (SSSR count). The molecular weight excluding hydrogens is 2120 g/mol. The van der Waals surface area contributed by atoms with Crippen LogP contribution in [0, 0.1) is 276 Å². The highest BCUT2D eigenvalue weighted by Gasteiger charge is 3.03. The molecule has 0 amide bonds. The third-order valence-electron chi connectivity index (χ3n) is 43.6. The van der Waals surface area contributed by atoms with Crippen molar-refractivity contribution in [3.63, 3.8) is 0 Å². The molecule has 147 heavy (non-hydrogen) atoms. The highest BCUT2D eigenvalue weighted by atomic mass is 19.5. The van der Waals surface area contributed by atoms with Crippen LogP contribution in [0.1, 0.15) is 89.9 Å². The second kappa shape index (κ2) is 30.5. The molecule has 21 fully saturated rings. The van der Waals surface area contributed by atoms with Gasteiger partial charge in [-0.1, -0.05) is 85.1 Å². The molecule has 28 bridgehead atoms. The Labute approximate surface area is 800 Å². The lowest BCUT2D eigenvalue weighted by Crippen LogP contribution is -2.75. The number of hydrogen-bond acceptors (Lipinski definition) is 1. The monoisotopic (exact) mass is 2200 g/mol. The molecule has 0 aliphatic heterocycles. The van der Waals surface area contributed by atoms with Crippen molar-refractivity contribution in [2.75, 3.05) is 0 Å². The van der Waals surface area contributed by atoms with Crippen molar-refractivity contribution in [3.8, 4) is 0 Å². The average Bonchev–Trinajstić information content (AvgIpc) is 1.45. The van der Waals surface area contributed by atoms with Gasteiger partial charge in [-0.15, -0.1) is 13.2 Å². The first-order chi connectivity index (χ1) is 66.8. The number of rotatable bonds is 1. The van der Waals surface area contributed by atoms with E-state index >= 15 is 0 Å². The van der Waals surface area contributed by atoms with E-state index in [2.05, 4.69) is 16.9 Å². The molecular formula is C96H86F50O. The molecule has 47 unspecified atom stereocenters. The molecule has 47 atom stereocenters. The van der Waals surface area contributed by atoms with Crippen LogP contribution < -0.4 is 0 Å². The zero-order valence-electron chi connectivity index (χ0n) is 74.7. The fourth-order valence-corrected chi connectivity index (χ4v) is 40.5. The third kappa shape index (κ3) is 12.5. The summed E-state index contributed by atoms with van der Waals surface area (Å²) in [6.07, 6.45) is -50.8. The van der Waals surface area contributed by atoms with Crippen molar-refractivity contribution in [2.45, 2.75) is 217 Å². The molecule has 0 aromatic carbocycles. The van der Waals surface area contributed by atoms with Gasteiger partial charge in [-0.2, -0.15) is 171 Å². The van der Waals surface area contributed by atoms with Crippen LogP contribution in [0.5, 0.6) is 0 Å². The average molecular weight is 2210 g/mol. The molecule has 826 valence electrons. The highest BCUT2D eigenvalue weighted by Crippen LogP contribution is 2.91. The molecule has 0 spiro atoms. The lowest BCUT2D eigenvalue weighted by atomic mass is 9.48. The van der Waals surface area contributed by atoms with Gasteiger partial charge in [0.25, 0.3) is 29.0 Å². The molecule has 21 saturated carbocycles. The summed E-state index contributed by atoms with van der Waals surface area (Å²) in [6, 6.07) is 0. The fraction of sp³-hybridized carbons (Fsp3) is 0.854. The van der Waals surface area contributed by atoms with Crippen molar-refractivity contribution in [1.82, 2.24) is 0 Å². The van der Waals surface area contributed by atoms with Gasteiger partial charge < -0.3 is 0 Å². The summed E-state index contributed by atoms with van der Waals surface area (Å²) in [5.41, 5.74) is -31.1. The maximum atomic E-state index is 14.8. The Bertz CT molecular complexity index is 5220. The summed E-state index contributed by atoms with van der Waals surface area (Å²) in [5, 5.41) is 0. The van der Waals surface area contributed by atoms with Gasteiger partial charge in [-0.3, -0.25) is 0 Å². The van der Waals surface area contributed by atoms with E-state index in [1.165, 1.54) is 12.2 Å². The topological polar surface area (TPSA) is 9.23 Å². The van der Waals surface area contributed by atoms with E-state index in [0.29, 0.717) is 43.9 Å². The maximum Gasteiger partial charge on any atom is 0.525 e. The largest absolute Gasteiger partial charge is 0.525 e. The maximum absolute atomic E-state index is 14.8. The molecule has 1 nitrogen and oxygen atoms in total. The predicted octanol–water partition coefficient (Wildman–Crippen LogP) is 31.4. The Kier molecular flexibility index (Phi) is 22.0. The van der Waals surface area contributed by atoms with Crippen molar-refractivity contribution in [1.29, 1.82) is 0 Å². The van der Waals surface area contributed by atoms with Gasteiger partial charge in [0.05, 0.1) is 5.92 Å². The minimum atomic E-state index is -6.79. The second-order valence-corrected chi connectivity index (χ2v) is 47.5. The van der Waals surface area contributed by atoms with Crippen molar-refractivity contribution in [2.24, 2.45) is 276 Å². The van der Waals surface area contributed by atoms with Gasteiger partial charge in [0.1, 0.15) is 0 Å². The molecule has 0 saturated heterocycles. The number of halogens is 50. The number of ether oxygens (including phenoxy) is 1. The summed E-state index contributed by atoms with van der Waals surface area (Å²) >= 11 is 0. The van der Waals surface area contributed by atoms with Crippen molar-refractivity contribution >= 4 is 0 Å². The van der Waals surface area contributed by atoms with Crippen molar-refractivity contribution in [3.05, 3.63) is 85.1 Å². The van der Waals surface area contributed by atoms with Crippen LogP contribution in [-0.2, 0) is 4.74 Å². The molecule has 0 N–H and O–H groups in total. The Hall–Kier alpha value is -5.36. The third-order valence-corrected chi connectivity index (χ3v) is 43.6. The fourth-order valence-electron chi connectivity index (χ4n) is 40.5. The Morgan fingerprint density at radius 2 is 0.408 bits per heavy atom. The van der Waals surface area contributed by atoms with Crippen LogP contribution >= 0.6 is 0 Å².